The van der Waals surface area contributed by atoms with Crippen molar-refractivity contribution in [2.75, 3.05) is 17.2 Å². The van der Waals surface area contributed by atoms with Gasteiger partial charge in [0.2, 0.25) is 5.95 Å². The van der Waals surface area contributed by atoms with Gasteiger partial charge in [0.15, 0.2) is 5.58 Å². The first-order chi connectivity index (χ1) is 17.4. The Labute approximate surface area is 207 Å². The zero-order valence-electron chi connectivity index (χ0n) is 20.4. The first kappa shape index (κ1) is 24.2. The average Bonchev–Trinajstić information content (AvgIpc) is 3.55. The maximum atomic E-state index is 10.6. The molecule has 1 aliphatic rings. The van der Waals surface area contributed by atoms with Crippen molar-refractivity contribution < 1.29 is 24.3 Å². The lowest BCUT2D eigenvalue weighted by Gasteiger charge is -2.21. The summed E-state index contributed by atoms with van der Waals surface area (Å²) < 4.78 is 11.2. The van der Waals surface area contributed by atoms with Gasteiger partial charge in [0.25, 0.3) is 0 Å². The molecule has 1 saturated carbocycles. The summed E-state index contributed by atoms with van der Waals surface area (Å²) in [5, 5.41) is 41.9. The molecule has 0 bridgehead atoms. The molecule has 0 saturated heterocycles. The second-order valence-corrected chi connectivity index (χ2v) is 9.23. The van der Waals surface area contributed by atoms with Crippen LogP contribution in [-0.4, -0.2) is 60.3 Å². The minimum absolute atomic E-state index is 0.216. The lowest BCUT2D eigenvalue weighted by atomic mass is 10.1. The molecule has 36 heavy (non-hydrogen) atoms. The zero-order chi connectivity index (χ0) is 25.4. The van der Waals surface area contributed by atoms with Crippen LogP contribution >= 0.6 is 0 Å². The van der Waals surface area contributed by atoms with E-state index in [4.69, 9.17) is 8.94 Å². The van der Waals surface area contributed by atoms with Gasteiger partial charge in [-0.1, -0.05) is 12.1 Å². The summed E-state index contributed by atoms with van der Waals surface area (Å²) in [5.74, 6) is 1.64. The van der Waals surface area contributed by atoms with E-state index in [1.807, 2.05) is 39.0 Å². The molecule has 4 aromatic rings. The van der Waals surface area contributed by atoms with E-state index in [9.17, 15) is 15.3 Å². The minimum Gasteiger partial charge on any atom is -0.454 e. The van der Waals surface area contributed by atoms with Crippen LogP contribution in [0.15, 0.2) is 33.3 Å². The lowest BCUT2D eigenvalue weighted by molar-refractivity contribution is 0.00446. The normalized spacial score (nSPS) is 21.8. The highest BCUT2D eigenvalue weighted by Gasteiger charge is 2.41. The molecule has 0 radical (unpaired) electrons. The highest BCUT2D eigenvalue weighted by molar-refractivity contribution is 5.86. The Morgan fingerprint density at radius 3 is 2.61 bits per heavy atom. The molecule has 4 atom stereocenters. The molecule has 190 valence electrons. The van der Waals surface area contributed by atoms with Crippen LogP contribution in [0.2, 0.25) is 0 Å². The predicted octanol–water partition coefficient (Wildman–Crippen LogP) is 2.58. The second-order valence-electron chi connectivity index (χ2n) is 9.23. The van der Waals surface area contributed by atoms with Crippen molar-refractivity contribution >= 4 is 22.7 Å². The third-order valence-electron chi connectivity index (χ3n) is 6.62. The van der Waals surface area contributed by atoms with E-state index in [1.165, 1.54) is 0 Å². The van der Waals surface area contributed by atoms with E-state index in [0.29, 0.717) is 58.8 Å². The number of nitrogens with zero attached hydrogens (tertiary/aromatic N) is 4. The minimum atomic E-state index is -1.06. The Bertz CT molecular complexity index is 1370. The number of aromatic nitrogens is 4. The lowest BCUT2D eigenvalue weighted by Crippen LogP contribution is -2.35. The van der Waals surface area contributed by atoms with Crippen molar-refractivity contribution in [1.29, 1.82) is 0 Å². The number of aliphatic hydroxyl groups excluding tert-OH is 3. The van der Waals surface area contributed by atoms with E-state index in [2.05, 4.69) is 30.7 Å². The number of aliphatic hydroxyl groups is 3. The number of hydrogen-bond donors (Lipinski definition) is 5. The van der Waals surface area contributed by atoms with Crippen LogP contribution in [0.1, 0.15) is 36.2 Å². The molecule has 1 aliphatic carbocycles. The topological polar surface area (TPSA) is 163 Å². The van der Waals surface area contributed by atoms with Crippen LogP contribution in [0, 0.1) is 19.8 Å². The molecule has 0 spiro atoms. The molecule has 5 N–H and O–H groups in total. The van der Waals surface area contributed by atoms with E-state index in [-0.39, 0.29) is 6.61 Å². The summed E-state index contributed by atoms with van der Waals surface area (Å²) >= 11 is 0. The number of hydrogen-bond acceptors (Lipinski definition) is 11. The third-order valence-corrected chi connectivity index (χ3v) is 6.62. The first-order valence-corrected chi connectivity index (χ1v) is 12.0. The average molecular weight is 495 g/mol. The van der Waals surface area contributed by atoms with Gasteiger partial charge in [-0.15, -0.1) is 0 Å². The Hall–Kier alpha value is -3.54. The van der Waals surface area contributed by atoms with Crippen LogP contribution in [0.25, 0.3) is 22.3 Å². The fourth-order valence-electron chi connectivity index (χ4n) is 4.65. The van der Waals surface area contributed by atoms with Crippen LogP contribution in [-0.2, 0) is 13.0 Å². The number of aryl methyl sites for hydroxylation is 3. The number of nitrogens with one attached hydrogen (secondary N) is 2. The van der Waals surface area contributed by atoms with Gasteiger partial charge in [-0.25, -0.2) is 4.98 Å². The van der Waals surface area contributed by atoms with Crippen LogP contribution in [0.4, 0.5) is 11.8 Å². The predicted molar refractivity (Wildman–Crippen MR) is 132 cm³/mol. The van der Waals surface area contributed by atoms with Gasteiger partial charge in [0.1, 0.15) is 29.1 Å². The summed E-state index contributed by atoms with van der Waals surface area (Å²) in [7, 11) is 0. The summed E-state index contributed by atoms with van der Waals surface area (Å²) in [4.78, 5) is 13.7. The van der Waals surface area contributed by atoms with Crippen LogP contribution in [0.3, 0.4) is 0 Å². The Kier molecular flexibility index (Phi) is 6.61. The molecule has 0 aliphatic heterocycles. The van der Waals surface area contributed by atoms with E-state index >= 15 is 0 Å². The third kappa shape index (κ3) is 4.64. The molecule has 1 fully saturated rings. The smallest absolute Gasteiger partial charge is 0.225 e. The molecular formula is C25H30N6O5. The van der Waals surface area contributed by atoms with E-state index in [0.717, 1.165) is 17.5 Å². The van der Waals surface area contributed by atoms with Crippen molar-refractivity contribution in [2.45, 2.75) is 58.4 Å². The van der Waals surface area contributed by atoms with Gasteiger partial charge < -0.3 is 34.9 Å². The number of furan rings is 1. The van der Waals surface area contributed by atoms with Crippen LogP contribution in [0.5, 0.6) is 0 Å². The molecule has 0 amide bonds. The summed E-state index contributed by atoms with van der Waals surface area (Å²) in [6.07, 6.45) is 0.805. The quantitative estimate of drug-likeness (QED) is 0.245. The number of pyridine rings is 1. The van der Waals surface area contributed by atoms with Gasteiger partial charge in [-0.3, -0.25) is 4.98 Å². The molecule has 5 rings (SSSR count). The van der Waals surface area contributed by atoms with Crippen molar-refractivity contribution in [3.05, 3.63) is 47.2 Å². The standard InChI is InChI=1S/C25H30N6O5/c1-4-16-6-14-8-19(35-20(14)10-26-16)21-13(3)28-25(27-9-17-5-12(2)36-31-17)30-24(21)29-18-7-15(11-32)22(33)23(18)34/h5-6,8,10,15,18,22-23,32-34H,4,7,9,11H2,1-3H3,(H2,27,28,29,30)/t15-,18-,22-,23+/m1/s1. The van der Waals surface area contributed by atoms with Gasteiger partial charge in [-0.2, -0.15) is 4.98 Å². The van der Waals surface area contributed by atoms with Crippen molar-refractivity contribution in [3.63, 3.8) is 0 Å². The fraction of sp³-hybridized carbons (Fsp3) is 0.440. The Morgan fingerprint density at radius 1 is 1.08 bits per heavy atom. The van der Waals surface area contributed by atoms with Gasteiger partial charge in [0.05, 0.1) is 36.1 Å². The Balaban J connectivity index is 1.52. The number of anilines is 2. The summed E-state index contributed by atoms with van der Waals surface area (Å²) in [6, 6.07) is 5.22. The summed E-state index contributed by atoms with van der Waals surface area (Å²) in [6.45, 7) is 5.87. The highest BCUT2D eigenvalue weighted by atomic mass is 16.5. The summed E-state index contributed by atoms with van der Waals surface area (Å²) in [5.41, 5.74) is 3.61. The van der Waals surface area contributed by atoms with Crippen molar-refractivity contribution in [1.82, 2.24) is 20.1 Å². The fourth-order valence-corrected chi connectivity index (χ4v) is 4.65. The highest BCUT2D eigenvalue weighted by Crippen LogP contribution is 2.37. The number of fused-ring (bicyclic) bond motifs is 1. The molecule has 4 aromatic heterocycles. The van der Waals surface area contributed by atoms with Gasteiger partial charge in [-0.05, 0) is 38.8 Å². The van der Waals surface area contributed by atoms with Crippen molar-refractivity contribution in [3.8, 4) is 11.3 Å². The molecule has 11 heteroatoms. The van der Waals surface area contributed by atoms with Gasteiger partial charge >= 0.3 is 0 Å². The van der Waals surface area contributed by atoms with Crippen LogP contribution < -0.4 is 10.6 Å². The monoisotopic (exact) mass is 494 g/mol. The Morgan fingerprint density at radius 2 is 1.92 bits per heavy atom. The number of rotatable bonds is 8. The SMILES string of the molecule is CCc1cc2cc(-c3c(C)nc(NCc4cc(C)on4)nc3N[C@@H]3C[C@H](CO)[C@@H](O)[C@H]3O)oc2cn1. The van der Waals surface area contributed by atoms with Crippen molar-refractivity contribution in [2.24, 2.45) is 5.92 Å². The molecule has 11 nitrogen and oxygen atoms in total. The maximum absolute atomic E-state index is 10.6. The molecular weight excluding hydrogens is 464 g/mol. The van der Waals surface area contributed by atoms with E-state index < -0.39 is 24.2 Å². The largest absolute Gasteiger partial charge is 0.454 e. The second kappa shape index (κ2) is 9.84. The first-order valence-electron chi connectivity index (χ1n) is 12.0. The van der Waals surface area contributed by atoms with Gasteiger partial charge in [0, 0.05) is 29.7 Å². The molecule has 4 heterocycles. The molecule has 0 aromatic carbocycles. The zero-order valence-corrected chi connectivity index (χ0v) is 20.4. The van der Waals surface area contributed by atoms with E-state index in [1.54, 1.807) is 6.20 Å². The molecule has 0 unspecified atom stereocenters. The maximum Gasteiger partial charge on any atom is 0.225 e.